The monoisotopic (exact) mass is 410 g/mol. The molecule has 2 aromatic carbocycles. The van der Waals surface area contributed by atoms with E-state index in [0.29, 0.717) is 34.2 Å². The first-order valence-corrected chi connectivity index (χ1v) is 9.89. The summed E-state index contributed by atoms with van der Waals surface area (Å²) in [5, 5.41) is 4.57. The van der Waals surface area contributed by atoms with Crippen LogP contribution in [0.3, 0.4) is 0 Å². The van der Waals surface area contributed by atoms with E-state index in [1.165, 1.54) is 0 Å². The van der Waals surface area contributed by atoms with E-state index >= 15 is 0 Å². The van der Waals surface area contributed by atoms with Gasteiger partial charge in [0, 0.05) is 18.7 Å². The quantitative estimate of drug-likeness (QED) is 0.488. The SMILES string of the molecule is CC(C)Oc1ccc(NCC(C)C(C)COc2ccc(N)c(Cl)c2)c(Cl)c1. The fourth-order valence-electron chi connectivity index (χ4n) is 2.45. The molecule has 3 N–H and O–H groups in total. The molecule has 0 fully saturated rings. The average Bonchev–Trinajstić information content (AvgIpc) is 2.61. The Hall–Kier alpha value is -1.78. The number of ether oxygens (including phenoxy) is 2. The third kappa shape index (κ3) is 6.71. The van der Waals surface area contributed by atoms with Gasteiger partial charge in [0.15, 0.2) is 0 Å². The molecule has 2 unspecified atom stereocenters. The van der Waals surface area contributed by atoms with Gasteiger partial charge < -0.3 is 20.5 Å². The Labute approximate surface area is 171 Å². The molecule has 0 bridgehead atoms. The molecule has 0 amide bonds. The van der Waals surface area contributed by atoms with Gasteiger partial charge in [-0.3, -0.25) is 0 Å². The Morgan fingerprint density at radius 3 is 2.22 bits per heavy atom. The summed E-state index contributed by atoms with van der Waals surface area (Å²) >= 11 is 12.4. The standard InChI is InChI=1S/C21H28Cl2N2O2/c1-13(2)27-17-6-8-21(19(23)10-17)25-11-14(3)15(4)12-26-16-5-7-20(24)18(22)9-16/h5-10,13-15,25H,11-12,24H2,1-4H3. The minimum absolute atomic E-state index is 0.122. The fraction of sp³-hybridized carbons (Fsp3) is 0.429. The minimum Gasteiger partial charge on any atom is -0.493 e. The third-order valence-electron chi connectivity index (χ3n) is 4.38. The molecule has 6 heteroatoms. The molecule has 4 nitrogen and oxygen atoms in total. The van der Waals surface area contributed by atoms with Gasteiger partial charge in [-0.05, 0) is 49.9 Å². The van der Waals surface area contributed by atoms with Gasteiger partial charge in [-0.2, -0.15) is 0 Å². The molecule has 0 aliphatic heterocycles. The number of hydrogen-bond donors (Lipinski definition) is 2. The molecular formula is C21H28Cl2N2O2. The summed E-state index contributed by atoms with van der Waals surface area (Å²) in [6, 6.07) is 11.0. The van der Waals surface area contributed by atoms with Crippen molar-refractivity contribution in [2.75, 3.05) is 24.2 Å². The molecule has 0 saturated heterocycles. The number of nitrogens with two attached hydrogens (primary N) is 1. The maximum atomic E-state index is 6.35. The maximum Gasteiger partial charge on any atom is 0.121 e. The smallest absolute Gasteiger partial charge is 0.121 e. The summed E-state index contributed by atoms with van der Waals surface area (Å²) in [5.74, 6) is 2.23. The molecule has 0 radical (unpaired) electrons. The highest BCUT2D eigenvalue weighted by molar-refractivity contribution is 6.33. The highest BCUT2D eigenvalue weighted by Gasteiger charge is 2.14. The first-order valence-electron chi connectivity index (χ1n) is 9.14. The second-order valence-electron chi connectivity index (χ2n) is 7.14. The van der Waals surface area contributed by atoms with E-state index in [4.69, 9.17) is 38.4 Å². The van der Waals surface area contributed by atoms with Crippen molar-refractivity contribution in [3.63, 3.8) is 0 Å². The normalized spacial score (nSPS) is 13.3. The number of benzene rings is 2. The molecule has 0 heterocycles. The molecular weight excluding hydrogens is 383 g/mol. The first kappa shape index (κ1) is 21.5. The second kappa shape index (κ2) is 9.95. The molecule has 0 aliphatic carbocycles. The molecule has 148 valence electrons. The molecule has 0 spiro atoms. The van der Waals surface area contributed by atoms with Crippen LogP contribution in [0.5, 0.6) is 11.5 Å². The first-order chi connectivity index (χ1) is 12.8. The zero-order chi connectivity index (χ0) is 20.0. The van der Waals surface area contributed by atoms with Gasteiger partial charge in [0.25, 0.3) is 0 Å². The largest absolute Gasteiger partial charge is 0.493 e. The number of nitrogens with one attached hydrogen (secondary N) is 1. The summed E-state index contributed by atoms with van der Waals surface area (Å²) in [7, 11) is 0. The Bertz CT molecular complexity index is 753. The maximum absolute atomic E-state index is 6.35. The number of nitrogen functional groups attached to an aromatic ring is 1. The minimum atomic E-state index is 0.122. The summed E-state index contributed by atoms with van der Waals surface area (Å²) in [5.41, 5.74) is 7.17. The van der Waals surface area contributed by atoms with E-state index in [9.17, 15) is 0 Å². The predicted octanol–water partition coefficient (Wildman–Crippen LogP) is 6.13. The molecule has 2 rings (SSSR count). The van der Waals surface area contributed by atoms with Crippen LogP contribution in [0.4, 0.5) is 11.4 Å². The summed E-state index contributed by atoms with van der Waals surface area (Å²) in [4.78, 5) is 0. The van der Waals surface area contributed by atoms with Crippen molar-refractivity contribution in [3.05, 3.63) is 46.4 Å². The van der Waals surface area contributed by atoms with Crippen LogP contribution in [0.15, 0.2) is 36.4 Å². The van der Waals surface area contributed by atoms with Crippen LogP contribution in [0.1, 0.15) is 27.7 Å². The predicted molar refractivity (Wildman–Crippen MR) is 115 cm³/mol. The summed E-state index contributed by atoms with van der Waals surface area (Å²) in [6.07, 6.45) is 0.122. The lowest BCUT2D eigenvalue weighted by Crippen LogP contribution is -2.23. The average molecular weight is 411 g/mol. The van der Waals surface area contributed by atoms with Gasteiger partial charge in [-0.15, -0.1) is 0 Å². The number of hydrogen-bond acceptors (Lipinski definition) is 4. The van der Waals surface area contributed by atoms with Crippen LogP contribution in [-0.2, 0) is 0 Å². The van der Waals surface area contributed by atoms with E-state index in [1.807, 2.05) is 38.1 Å². The zero-order valence-corrected chi connectivity index (χ0v) is 17.8. The third-order valence-corrected chi connectivity index (χ3v) is 5.02. The molecule has 0 aliphatic rings. The van der Waals surface area contributed by atoms with Gasteiger partial charge in [-0.25, -0.2) is 0 Å². The van der Waals surface area contributed by atoms with Gasteiger partial charge in [-0.1, -0.05) is 37.0 Å². The molecule has 0 saturated carbocycles. The molecule has 0 aromatic heterocycles. The summed E-state index contributed by atoms with van der Waals surface area (Å²) < 4.78 is 11.5. The topological polar surface area (TPSA) is 56.5 Å². The Morgan fingerprint density at radius 1 is 0.926 bits per heavy atom. The lowest BCUT2D eigenvalue weighted by atomic mass is 9.97. The van der Waals surface area contributed by atoms with E-state index in [-0.39, 0.29) is 6.10 Å². The van der Waals surface area contributed by atoms with Gasteiger partial charge >= 0.3 is 0 Å². The summed E-state index contributed by atoms with van der Waals surface area (Å²) in [6.45, 7) is 9.70. The van der Waals surface area contributed by atoms with Crippen molar-refractivity contribution in [3.8, 4) is 11.5 Å². The van der Waals surface area contributed by atoms with Crippen molar-refractivity contribution < 1.29 is 9.47 Å². The van der Waals surface area contributed by atoms with Crippen molar-refractivity contribution >= 4 is 34.6 Å². The Balaban J connectivity index is 1.83. The van der Waals surface area contributed by atoms with E-state index in [2.05, 4.69) is 19.2 Å². The molecule has 2 aromatic rings. The lowest BCUT2D eigenvalue weighted by Gasteiger charge is -2.22. The zero-order valence-electron chi connectivity index (χ0n) is 16.3. The van der Waals surface area contributed by atoms with E-state index < -0.39 is 0 Å². The van der Waals surface area contributed by atoms with Crippen LogP contribution >= 0.6 is 23.2 Å². The van der Waals surface area contributed by atoms with Gasteiger partial charge in [0.2, 0.25) is 0 Å². The highest BCUT2D eigenvalue weighted by Crippen LogP contribution is 2.28. The lowest BCUT2D eigenvalue weighted by molar-refractivity contribution is 0.220. The van der Waals surface area contributed by atoms with Crippen LogP contribution in [-0.4, -0.2) is 19.3 Å². The van der Waals surface area contributed by atoms with Crippen molar-refractivity contribution in [2.24, 2.45) is 11.8 Å². The number of rotatable bonds is 9. The number of anilines is 2. The van der Waals surface area contributed by atoms with Crippen LogP contribution in [0.25, 0.3) is 0 Å². The van der Waals surface area contributed by atoms with Gasteiger partial charge in [0.1, 0.15) is 11.5 Å². The van der Waals surface area contributed by atoms with E-state index in [0.717, 1.165) is 23.7 Å². The van der Waals surface area contributed by atoms with Crippen molar-refractivity contribution in [1.29, 1.82) is 0 Å². The van der Waals surface area contributed by atoms with Crippen LogP contribution < -0.4 is 20.5 Å². The van der Waals surface area contributed by atoms with Crippen LogP contribution in [0, 0.1) is 11.8 Å². The van der Waals surface area contributed by atoms with Crippen molar-refractivity contribution in [1.82, 2.24) is 0 Å². The van der Waals surface area contributed by atoms with Crippen LogP contribution in [0.2, 0.25) is 10.0 Å². The second-order valence-corrected chi connectivity index (χ2v) is 7.95. The molecule has 27 heavy (non-hydrogen) atoms. The van der Waals surface area contributed by atoms with Crippen molar-refractivity contribution in [2.45, 2.75) is 33.8 Å². The Kier molecular flexibility index (Phi) is 7.93. The van der Waals surface area contributed by atoms with Gasteiger partial charge in [0.05, 0.1) is 34.1 Å². The highest BCUT2D eigenvalue weighted by atomic mass is 35.5. The molecule has 2 atom stereocenters. The van der Waals surface area contributed by atoms with E-state index in [1.54, 1.807) is 12.1 Å². The fourth-order valence-corrected chi connectivity index (χ4v) is 2.85. The Morgan fingerprint density at radius 2 is 1.59 bits per heavy atom. The number of halogens is 2.